The van der Waals surface area contributed by atoms with E-state index in [2.05, 4.69) is 43.7 Å². The molecule has 0 amide bonds. The summed E-state index contributed by atoms with van der Waals surface area (Å²) in [5.41, 5.74) is -0.219. The van der Waals surface area contributed by atoms with Crippen LogP contribution in [0.15, 0.2) is 16.9 Å². The van der Waals surface area contributed by atoms with E-state index in [9.17, 15) is 14.0 Å². The number of anilines is 1. The third kappa shape index (κ3) is 3.21. The van der Waals surface area contributed by atoms with E-state index in [0.29, 0.717) is 23.3 Å². The van der Waals surface area contributed by atoms with Gasteiger partial charge in [0.2, 0.25) is 5.95 Å². The van der Waals surface area contributed by atoms with E-state index < -0.39 is 25.5 Å². The SMILES string of the molecule is CC(=O)c1c(F)ccc2nc(N3CC4C(C3)C4O[Si](C)(C)C(C)(C)C)n(C)c(=O)c12. The number of carbonyl (C=O) groups excluding carboxylic acids is 1. The summed E-state index contributed by atoms with van der Waals surface area (Å²) >= 11 is 0. The summed E-state index contributed by atoms with van der Waals surface area (Å²) in [6.07, 6.45) is 0.290. The Hall–Kier alpha value is -2.06. The maximum Gasteiger partial charge on any atom is 0.263 e. The molecule has 8 heteroatoms. The van der Waals surface area contributed by atoms with E-state index >= 15 is 0 Å². The number of ketones is 1. The molecule has 0 N–H and O–H groups in total. The number of nitrogens with zero attached hydrogens (tertiary/aromatic N) is 3. The van der Waals surface area contributed by atoms with Gasteiger partial charge in [0.15, 0.2) is 14.1 Å². The Morgan fingerprint density at radius 1 is 1.23 bits per heavy atom. The molecule has 1 aromatic carbocycles. The first-order valence-corrected chi connectivity index (χ1v) is 13.4. The van der Waals surface area contributed by atoms with Crippen LogP contribution in [0.25, 0.3) is 10.9 Å². The van der Waals surface area contributed by atoms with Crippen LogP contribution in [0.4, 0.5) is 10.3 Å². The van der Waals surface area contributed by atoms with Gasteiger partial charge in [-0.3, -0.25) is 14.2 Å². The molecule has 162 valence electrons. The molecule has 6 nitrogen and oxygen atoms in total. The van der Waals surface area contributed by atoms with Gasteiger partial charge in [-0.05, 0) is 37.2 Å². The van der Waals surface area contributed by atoms with Gasteiger partial charge in [0.05, 0.1) is 22.6 Å². The Bertz CT molecular complexity index is 1090. The van der Waals surface area contributed by atoms with Crippen LogP contribution < -0.4 is 10.5 Å². The first kappa shape index (κ1) is 21.2. The van der Waals surface area contributed by atoms with Crippen LogP contribution in [0.3, 0.4) is 0 Å². The monoisotopic (exact) mass is 431 g/mol. The predicted octanol–water partition coefficient (Wildman–Crippen LogP) is 3.73. The third-order valence-electron chi connectivity index (χ3n) is 7.16. The summed E-state index contributed by atoms with van der Waals surface area (Å²) in [6, 6.07) is 2.68. The van der Waals surface area contributed by atoms with Crippen molar-refractivity contribution in [1.82, 2.24) is 9.55 Å². The second-order valence-electron chi connectivity index (χ2n) is 10.2. The van der Waals surface area contributed by atoms with E-state index in [1.165, 1.54) is 23.6 Å². The van der Waals surface area contributed by atoms with E-state index in [1.54, 1.807) is 7.05 Å². The van der Waals surface area contributed by atoms with Gasteiger partial charge < -0.3 is 9.33 Å². The molecule has 1 saturated heterocycles. The molecular formula is C22H30FN3O3Si. The first-order chi connectivity index (χ1) is 13.8. The van der Waals surface area contributed by atoms with Gasteiger partial charge in [-0.15, -0.1) is 0 Å². The van der Waals surface area contributed by atoms with E-state index in [0.717, 1.165) is 13.1 Å². The Kier molecular flexibility index (Phi) is 4.74. The fourth-order valence-electron chi connectivity index (χ4n) is 4.27. The van der Waals surface area contributed by atoms with Crippen LogP contribution in [0.2, 0.25) is 18.1 Å². The van der Waals surface area contributed by atoms with Gasteiger partial charge in [-0.2, -0.15) is 0 Å². The minimum absolute atomic E-state index is 0.0530. The zero-order valence-corrected chi connectivity index (χ0v) is 19.7. The van der Waals surface area contributed by atoms with Gasteiger partial charge in [-0.25, -0.2) is 9.37 Å². The average molecular weight is 432 g/mol. The fourth-order valence-corrected chi connectivity index (χ4v) is 5.65. The van der Waals surface area contributed by atoms with Gasteiger partial charge in [0, 0.05) is 32.0 Å². The molecule has 2 aliphatic rings. The molecule has 2 unspecified atom stereocenters. The highest BCUT2D eigenvalue weighted by molar-refractivity contribution is 6.74. The predicted molar refractivity (Wildman–Crippen MR) is 118 cm³/mol. The summed E-state index contributed by atoms with van der Waals surface area (Å²) in [5, 5.41) is 0.231. The second-order valence-corrected chi connectivity index (χ2v) is 15.0. The molecule has 1 aromatic heterocycles. The Morgan fingerprint density at radius 2 is 1.83 bits per heavy atom. The van der Waals surface area contributed by atoms with Crippen LogP contribution >= 0.6 is 0 Å². The molecule has 1 aliphatic carbocycles. The van der Waals surface area contributed by atoms with Gasteiger partial charge in [0.1, 0.15) is 5.82 Å². The van der Waals surface area contributed by atoms with Crippen molar-refractivity contribution < 1.29 is 13.6 Å². The summed E-state index contributed by atoms with van der Waals surface area (Å²) in [5.74, 6) is 0.305. The summed E-state index contributed by atoms with van der Waals surface area (Å²) < 4.78 is 22.2. The molecule has 1 saturated carbocycles. The topological polar surface area (TPSA) is 64.4 Å². The Morgan fingerprint density at radius 3 is 2.37 bits per heavy atom. The van der Waals surface area contributed by atoms with Crippen molar-refractivity contribution in [2.24, 2.45) is 18.9 Å². The van der Waals surface area contributed by atoms with Gasteiger partial charge >= 0.3 is 0 Å². The molecule has 30 heavy (non-hydrogen) atoms. The normalized spacial score (nSPS) is 23.7. The van der Waals surface area contributed by atoms with E-state index in [4.69, 9.17) is 4.43 Å². The second kappa shape index (κ2) is 6.72. The van der Waals surface area contributed by atoms with Crippen molar-refractivity contribution in [3.8, 4) is 0 Å². The van der Waals surface area contributed by atoms with Crippen molar-refractivity contribution in [1.29, 1.82) is 0 Å². The highest BCUT2D eigenvalue weighted by Crippen LogP contribution is 2.52. The number of halogens is 1. The van der Waals surface area contributed by atoms with Crippen molar-refractivity contribution in [3.05, 3.63) is 33.9 Å². The largest absolute Gasteiger partial charge is 0.413 e. The maximum atomic E-state index is 14.2. The quantitative estimate of drug-likeness (QED) is 0.545. The number of rotatable bonds is 4. The summed E-state index contributed by atoms with van der Waals surface area (Å²) in [7, 11) is -0.177. The lowest BCUT2D eigenvalue weighted by molar-refractivity contribution is 0.101. The smallest absolute Gasteiger partial charge is 0.263 e. The molecule has 0 spiro atoms. The van der Waals surface area contributed by atoms with E-state index in [-0.39, 0.29) is 22.1 Å². The molecule has 2 fully saturated rings. The fraction of sp³-hybridized carbons (Fsp3) is 0.591. The summed E-state index contributed by atoms with van der Waals surface area (Å²) in [4.78, 5) is 31.7. The Labute approximate surface area is 177 Å². The summed E-state index contributed by atoms with van der Waals surface area (Å²) in [6.45, 7) is 14.1. The number of Topliss-reactive ketones (excluding diaryl/α,β-unsaturated/α-hetero) is 1. The zero-order valence-electron chi connectivity index (χ0n) is 18.7. The molecule has 2 aromatic rings. The minimum atomic E-state index is -1.81. The lowest BCUT2D eigenvalue weighted by Crippen LogP contribution is -2.43. The maximum absolute atomic E-state index is 14.2. The van der Waals surface area contributed by atoms with Crippen molar-refractivity contribution in [3.63, 3.8) is 0 Å². The van der Waals surface area contributed by atoms with E-state index in [1.807, 2.05) is 0 Å². The van der Waals surface area contributed by atoms with Gasteiger partial charge in [0.25, 0.3) is 5.56 Å². The molecule has 2 atom stereocenters. The van der Waals surface area contributed by atoms with Crippen LogP contribution in [0, 0.1) is 17.7 Å². The number of hydrogen-bond donors (Lipinski definition) is 0. The molecule has 4 rings (SSSR count). The number of hydrogen-bond acceptors (Lipinski definition) is 5. The Balaban J connectivity index is 1.60. The lowest BCUT2D eigenvalue weighted by Gasteiger charge is -2.37. The van der Waals surface area contributed by atoms with Crippen LogP contribution in [0.1, 0.15) is 38.1 Å². The van der Waals surface area contributed by atoms with Gasteiger partial charge in [-0.1, -0.05) is 20.8 Å². The average Bonchev–Trinajstić information content (AvgIpc) is 3.06. The number of carbonyl (C=O) groups is 1. The number of piperidine rings is 1. The van der Waals surface area contributed by atoms with Crippen LogP contribution in [-0.4, -0.2) is 42.8 Å². The molecule has 0 radical (unpaired) electrons. The number of fused-ring (bicyclic) bond motifs is 2. The highest BCUT2D eigenvalue weighted by atomic mass is 28.4. The van der Waals surface area contributed by atoms with Crippen molar-refractivity contribution in [2.45, 2.75) is 51.9 Å². The zero-order chi connectivity index (χ0) is 22.2. The molecule has 2 heterocycles. The van der Waals surface area contributed by atoms with Crippen molar-refractivity contribution in [2.75, 3.05) is 18.0 Å². The lowest BCUT2D eigenvalue weighted by atomic mass is 10.1. The molecular weight excluding hydrogens is 401 g/mol. The minimum Gasteiger partial charge on any atom is -0.413 e. The number of benzene rings is 1. The number of aromatic nitrogens is 2. The molecule has 1 aliphatic heterocycles. The highest BCUT2D eigenvalue weighted by Gasteiger charge is 2.59. The van der Waals surface area contributed by atoms with Crippen LogP contribution in [0.5, 0.6) is 0 Å². The molecule has 0 bridgehead atoms. The van der Waals surface area contributed by atoms with Crippen LogP contribution in [-0.2, 0) is 11.5 Å². The standard InChI is InChI=1S/C22H30FN3O3Si/c1-12(27)17-15(23)8-9-16-18(17)20(28)25(5)21(24-16)26-10-13-14(11-26)19(13)29-30(6,7)22(2,3)4/h8-9,13-14,19H,10-11H2,1-7H3. The first-order valence-electron chi connectivity index (χ1n) is 10.5. The van der Waals surface area contributed by atoms with Crippen molar-refractivity contribution >= 4 is 31.0 Å². The third-order valence-corrected chi connectivity index (χ3v) is 11.6.